The largest absolute Gasteiger partial charge is 0.477 e. The Morgan fingerprint density at radius 2 is 1.94 bits per heavy atom. The summed E-state index contributed by atoms with van der Waals surface area (Å²) in [5, 5.41) is 12.3. The molecule has 0 bridgehead atoms. The summed E-state index contributed by atoms with van der Waals surface area (Å²) in [6, 6.07) is 3.57. The maximum atomic E-state index is 10.8. The average molecular weight is 267 g/mol. The predicted octanol–water partition coefficient (Wildman–Crippen LogP) is 3.22. The average Bonchev–Trinajstić information content (AvgIpc) is 2.67. The Hall–Kier alpha value is -0.870. The number of thiophene rings is 1. The number of rotatable bonds is 5. The number of carboxylic acid groups (broad SMARTS) is 1. The van der Waals surface area contributed by atoms with Crippen LogP contribution in [-0.4, -0.2) is 17.6 Å². The molecule has 0 amide bonds. The second kappa shape index (κ2) is 4.35. The van der Waals surface area contributed by atoms with Crippen molar-refractivity contribution in [1.82, 2.24) is 5.32 Å². The lowest BCUT2D eigenvalue weighted by Gasteiger charge is -2.04. The molecule has 2 N–H and O–H groups in total. The fraction of sp³-hybridized carbons (Fsp3) is 0.643. The molecular formula is C14H21NO2S. The van der Waals surface area contributed by atoms with Crippen molar-refractivity contribution in [2.45, 2.75) is 34.2 Å². The van der Waals surface area contributed by atoms with Crippen molar-refractivity contribution in [1.29, 1.82) is 0 Å². The molecule has 100 valence electrons. The van der Waals surface area contributed by atoms with Crippen molar-refractivity contribution in [3.05, 3.63) is 21.9 Å². The van der Waals surface area contributed by atoms with E-state index in [-0.39, 0.29) is 0 Å². The summed E-state index contributed by atoms with van der Waals surface area (Å²) in [6.07, 6.45) is 0. The van der Waals surface area contributed by atoms with Crippen LogP contribution >= 0.6 is 11.3 Å². The van der Waals surface area contributed by atoms with Crippen molar-refractivity contribution in [3.8, 4) is 0 Å². The summed E-state index contributed by atoms with van der Waals surface area (Å²) in [4.78, 5) is 12.3. The quantitative estimate of drug-likeness (QED) is 0.861. The Morgan fingerprint density at radius 1 is 1.33 bits per heavy atom. The van der Waals surface area contributed by atoms with Gasteiger partial charge in [0.2, 0.25) is 0 Å². The summed E-state index contributed by atoms with van der Waals surface area (Å²) >= 11 is 1.35. The monoisotopic (exact) mass is 267 g/mol. The molecule has 1 aliphatic rings. The third-order valence-corrected chi connectivity index (χ3v) is 5.91. The van der Waals surface area contributed by atoms with Crippen LogP contribution in [0.4, 0.5) is 0 Å². The summed E-state index contributed by atoms with van der Waals surface area (Å²) in [5.74, 6) is -0.139. The van der Waals surface area contributed by atoms with E-state index in [0.717, 1.165) is 18.0 Å². The van der Waals surface area contributed by atoms with E-state index in [1.165, 1.54) is 11.3 Å². The van der Waals surface area contributed by atoms with Gasteiger partial charge in [-0.05, 0) is 35.4 Å². The number of hydrogen-bond donors (Lipinski definition) is 2. The van der Waals surface area contributed by atoms with E-state index in [0.29, 0.717) is 21.6 Å². The first-order valence-electron chi connectivity index (χ1n) is 6.29. The Morgan fingerprint density at radius 3 is 2.39 bits per heavy atom. The molecule has 1 heterocycles. The Kier molecular flexibility index (Phi) is 3.28. The highest BCUT2D eigenvalue weighted by Gasteiger charge is 2.63. The second-order valence-corrected chi connectivity index (χ2v) is 7.37. The first kappa shape index (κ1) is 13.6. The third-order valence-electron chi connectivity index (χ3n) is 4.84. The highest BCUT2D eigenvalue weighted by Crippen LogP contribution is 2.67. The van der Waals surface area contributed by atoms with Gasteiger partial charge in [0.15, 0.2) is 0 Å². The van der Waals surface area contributed by atoms with E-state index >= 15 is 0 Å². The van der Waals surface area contributed by atoms with Crippen LogP contribution in [-0.2, 0) is 6.54 Å². The molecule has 0 saturated heterocycles. The molecule has 0 atom stereocenters. The first-order chi connectivity index (χ1) is 8.26. The van der Waals surface area contributed by atoms with Crippen molar-refractivity contribution < 1.29 is 9.90 Å². The molecule has 1 aromatic heterocycles. The van der Waals surface area contributed by atoms with E-state index < -0.39 is 5.97 Å². The van der Waals surface area contributed by atoms with E-state index in [1.54, 1.807) is 6.07 Å². The molecule has 0 spiro atoms. The fourth-order valence-corrected chi connectivity index (χ4v) is 3.59. The van der Waals surface area contributed by atoms with Crippen molar-refractivity contribution in [2.75, 3.05) is 6.54 Å². The molecule has 0 aliphatic heterocycles. The van der Waals surface area contributed by atoms with Gasteiger partial charge in [0.05, 0.1) is 0 Å². The minimum Gasteiger partial charge on any atom is -0.477 e. The minimum absolute atomic E-state index is 0.404. The van der Waals surface area contributed by atoms with E-state index in [9.17, 15) is 4.79 Å². The normalized spacial score (nSPS) is 20.9. The van der Waals surface area contributed by atoms with Crippen LogP contribution < -0.4 is 5.32 Å². The lowest BCUT2D eigenvalue weighted by Crippen LogP contribution is -2.18. The standard InChI is InChI=1S/C14H21NO2S/c1-13(2)11(14(13,3)4)8-15-7-9-5-6-10(18-9)12(16)17/h5-6,11,15H,7-8H2,1-4H3,(H,16,17). The van der Waals surface area contributed by atoms with Gasteiger partial charge in [-0.2, -0.15) is 0 Å². The Labute approximate surface area is 112 Å². The zero-order valence-electron chi connectivity index (χ0n) is 11.4. The van der Waals surface area contributed by atoms with E-state index in [1.807, 2.05) is 6.07 Å². The summed E-state index contributed by atoms with van der Waals surface area (Å²) in [6.45, 7) is 11.0. The smallest absolute Gasteiger partial charge is 0.345 e. The predicted molar refractivity (Wildman–Crippen MR) is 74.0 cm³/mol. The van der Waals surface area contributed by atoms with Crippen LogP contribution in [0.2, 0.25) is 0 Å². The molecule has 0 radical (unpaired) electrons. The van der Waals surface area contributed by atoms with Crippen LogP contribution in [0, 0.1) is 16.7 Å². The van der Waals surface area contributed by atoms with E-state index in [4.69, 9.17) is 5.11 Å². The molecule has 1 saturated carbocycles. The SMILES string of the molecule is CC1(C)C(CNCc2ccc(C(=O)O)s2)C1(C)C. The number of aromatic carboxylic acids is 1. The zero-order valence-corrected chi connectivity index (χ0v) is 12.2. The second-order valence-electron chi connectivity index (χ2n) is 6.20. The molecular weight excluding hydrogens is 246 g/mol. The fourth-order valence-electron chi connectivity index (χ4n) is 2.77. The van der Waals surface area contributed by atoms with Crippen LogP contribution in [0.15, 0.2) is 12.1 Å². The number of hydrogen-bond acceptors (Lipinski definition) is 3. The van der Waals surface area contributed by atoms with Crippen LogP contribution in [0.1, 0.15) is 42.2 Å². The first-order valence-corrected chi connectivity index (χ1v) is 7.11. The molecule has 18 heavy (non-hydrogen) atoms. The highest BCUT2D eigenvalue weighted by atomic mass is 32.1. The maximum absolute atomic E-state index is 10.8. The molecule has 2 rings (SSSR count). The van der Waals surface area contributed by atoms with Gasteiger partial charge in [-0.25, -0.2) is 4.79 Å². The Balaban J connectivity index is 1.81. The maximum Gasteiger partial charge on any atom is 0.345 e. The van der Waals surface area contributed by atoms with Gasteiger partial charge < -0.3 is 10.4 Å². The van der Waals surface area contributed by atoms with Gasteiger partial charge >= 0.3 is 5.97 Å². The van der Waals surface area contributed by atoms with Gasteiger partial charge in [0, 0.05) is 11.4 Å². The van der Waals surface area contributed by atoms with Crippen molar-refractivity contribution in [3.63, 3.8) is 0 Å². The van der Waals surface area contributed by atoms with Gasteiger partial charge in [0.25, 0.3) is 0 Å². The summed E-state index contributed by atoms with van der Waals surface area (Å²) in [5.41, 5.74) is 0.809. The topological polar surface area (TPSA) is 49.3 Å². The molecule has 0 aromatic carbocycles. The molecule has 3 nitrogen and oxygen atoms in total. The number of carbonyl (C=O) groups is 1. The third kappa shape index (κ3) is 2.19. The van der Waals surface area contributed by atoms with Crippen LogP contribution in [0.5, 0.6) is 0 Å². The lowest BCUT2D eigenvalue weighted by atomic mass is 10.0. The molecule has 1 aromatic rings. The van der Waals surface area contributed by atoms with Crippen LogP contribution in [0.3, 0.4) is 0 Å². The number of carboxylic acids is 1. The van der Waals surface area contributed by atoms with E-state index in [2.05, 4.69) is 33.0 Å². The molecule has 1 fully saturated rings. The van der Waals surface area contributed by atoms with Gasteiger partial charge in [-0.1, -0.05) is 27.7 Å². The van der Waals surface area contributed by atoms with Crippen LogP contribution in [0.25, 0.3) is 0 Å². The number of nitrogens with one attached hydrogen (secondary N) is 1. The Bertz CT molecular complexity index is 448. The van der Waals surface area contributed by atoms with Crippen molar-refractivity contribution in [2.24, 2.45) is 16.7 Å². The summed E-state index contributed by atoms with van der Waals surface area (Å²) in [7, 11) is 0. The minimum atomic E-state index is -0.837. The molecule has 0 unspecified atom stereocenters. The van der Waals surface area contributed by atoms with Crippen molar-refractivity contribution >= 4 is 17.3 Å². The highest BCUT2D eigenvalue weighted by molar-refractivity contribution is 7.13. The van der Waals surface area contributed by atoms with Gasteiger partial charge in [-0.3, -0.25) is 0 Å². The van der Waals surface area contributed by atoms with Gasteiger partial charge in [-0.15, -0.1) is 11.3 Å². The summed E-state index contributed by atoms with van der Waals surface area (Å²) < 4.78 is 0. The van der Waals surface area contributed by atoms with Gasteiger partial charge in [0.1, 0.15) is 4.88 Å². The molecule has 1 aliphatic carbocycles. The lowest BCUT2D eigenvalue weighted by molar-refractivity contribution is 0.0702. The zero-order chi connectivity index (χ0) is 13.6. The molecule has 4 heteroatoms.